The standard InChI is InChI=1S/C27H33N3O4/c1-4-5-15-29-25(28-30(27(29)32)18-21-11-9-19(2)10-12-21)8-6-7-20-13-14-23-22(16-20)17-24(34-23)26(31)33-3/h9-14,16,24H,4-8,15,17-18H2,1-3H3. The van der Waals surface area contributed by atoms with E-state index in [9.17, 15) is 9.59 Å². The number of aryl methyl sites for hydroxylation is 3. The van der Waals surface area contributed by atoms with E-state index < -0.39 is 6.10 Å². The molecule has 7 heteroatoms. The van der Waals surface area contributed by atoms with Gasteiger partial charge in [-0.1, -0.05) is 55.3 Å². The Kier molecular flexibility index (Phi) is 7.50. The van der Waals surface area contributed by atoms with Crippen molar-refractivity contribution >= 4 is 5.97 Å². The van der Waals surface area contributed by atoms with E-state index in [-0.39, 0.29) is 11.7 Å². The lowest BCUT2D eigenvalue weighted by molar-refractivity contribution is -0.147. The molecule has 0 bridgehead atoms. The van der Waals surface area contributed by atoms with Crippen molar-refractivity contribution in [3.8, 4) is 5.75 Å². The lowest BCUT2D eigenvalue weighted by Gasteiger charge is -2.07. The van der Waals surface area contributed by atoms with Crippen LogP contribution in [0.25, 0.3) is 0 Å². The van der Waals surface area contributed by atoms with Crippen LogP contribution in [-0.2, 0) is 41.9 Å². The second kappa shape index (κ2) is 10.7. The van der Waals surface area contributed by atoms with E-state index in [1.807, 2.05) is 16.7 Å². The molecule has 0 saturated carbocycles. The van der Waals surface area contributed by atoms with Gasteiger partial charge in [0.1, 0.15) is 11.6 Å². The molecule has 1 unspecified atom stereocenters. The first-order chi connectivity index (χ1) is 16.5. The van der Waals surface area contributed by atoms with Gasteiger partial charge in [0.2, 0.25) is 0 Å². The maximum absolute atomic E-state index is 13.1. The first kappa shape index (κ1) is 23.8. The minimum atomic E-state index is -0.555. The molecular weight excluding hydrogens is 430 g/mol. The average Bonchev–Trinajstić information content (AvgIpc) is 3.39. The zero-order chi connectivity index (χ0) is 24.1. The number of hydrogen-bond acceptors (Lipinski definition) is 5. The Labute approximate surface area is 200 Å². The highest BCUT2D eigenvalue weighted by atomic mass is 16.6. The van der Waals surface area contributed by atoms with E-state index in [0.717, 1.165) is 54.8 Å². The van der Waals surface area contributed by atoms with Gasteiger partial charge in [0, 0.05) is 19.4 Å². The SMILES string of the molecule is CCCCn1c(CCCc2ccc3c(c2)CC(C(=O)OC)O3)nn(Cc2ccc(C)cc2)c1=O. The molecule has 1 atom stereocenters. The van der Waals surface area contributed by atoms with Gasteiger partial charge in [0.25, 0.3) is 0 Å². The fourth-order valence-electron chi connectivity index (χ4n) is 4.35. The summed E-state index contributed by atoms with van der Waals surface area (Å²) in [4.78, 5) is 24.8. The molecule has 0 fully saturated rings. The molecule has 0 spiro atoms. The van der Waals surface area contributed by atoms with E-state index in [0.29, 0.717) is 19.5 Å². The van der Waals surface area contributed by atoms with Crippen LogP contribution in [0.5, 0.6) is 5.75 Å². The third kappa shape index (κ3) is 5.41. The van der Waals surface area contributed by atoms with Crippen LogP contribution in [0, 0.1) is 6.92 Å². The summed E-state index contributed by atoms with van der Waals surface area (Å²) < 4.78 is 13.9. The van der Waals surface area contributed by atoms with Crippen molar-refractivity contribution in [2.24, 2.45) is 0 Å². The zero-order valence-electron chi connectivity index (χ0n) is 20.3. The molecule has 7 nitrogen and oxygen atoms in total. The van der Waals surface area contributed by atoms with Crippen molar-refractivity contribution in [3.63, 3.8) is 0 Å². The molecule has 0 saturated heterocycles. The molecule has 3 aromatic rings. The Bertz CT molecular complexity index is 1190. The van der Waals surface area contributed by atoms with Crippen molar-refractivity contribution in [1.82, 2.24) is 14.3 Å². The molecule has 2 heterocycles. The number of methoxy groups -OCH3 is 1. The molecule has 180 valence electrons. The summed E-state index contributed by atoms with van der Waals surface area (Å²) >= 11 is 0. The lowest BCUT2D eigenvalue weighted by Crippen LogP contribution is -2.26. The second-order valence-corrected chi connectivity index (χ2v) is 8.98. The monoisotopic (exact) mass is 463 g/mol. The van der Waals surface area contributed by atoms with Crippen LogP contribution >= 0.6 is 0 Å². The zero-order valence-corrected chi connectivity index (χ0v) is 20.3. The summed E-state index contributed by atoms with van der Waals surface area (Å²) in [6.07, 6.45) is 4.44. The minimum absolute atomic E-state index is 0.0347. The molecule has 0 aliphatic carbocycles. The van der Waals surface area contributed by atoms with Gasteiger partial charge in [-0.15, -0.1) is 0 Å². The first-order valence-corrected chi connectivity index (χ1v) is 12.1. The van der Waals surface area contributed by atoms with E-state index in [4.69, 9.17) is 14.6 Å². The van der Waals surface area contributed by atoms with Gasteiger partial charge < -0.3 is 9.47 Å². The Hall–Kier alpha value is -3.35. The summed E-state index contributed by atoms with van der Waals surface area (Å²) in [7, 11) is 1.38. The molecule has 1 aromatic heterocycles. The summed E-state index contributed by atoms with van der Waals surface area (Å²) in [6, 6.07) is 14.3. The van der Waals surface area contributed by atoms with Crippen LogP contribution in [0.4, 0.5) is 0 Å². The van der Waals surface area contributed by atoms with Gasteiger partial charge in [0.15, 0.2) is 6.10 Å². The van der Waals surface area contributed by atoms with Crippen LogP contribution in [-0.4, -0.2) is 33.5 Å². The third-order valence-corrected chi connectivity index (χ3v) is 6.32. The van der Waals surface area contributed by atoms with Gasteiger partial charge in [-0.3, -0.25) is 4.57 Å². The smallest absolute Gasteiger partial charge is 0.347 e. The Morgan fingerprint density at radius 3 is 2.62 bits per heavy atom. The van der Waals surface area contributed by atoms with E-state index in [1.54, 1.807) is 4.68 Å². The van der Waals surface area contributed by atoms with E-state index in [2.05, 4.69) is 44.2 Å². The van der Waals surface area contributed by atoms with Crippen molar-refractivity contribution in [2.45, 2.75) is 71.6 Å². The van der Waals surface area contributed by atoms with Crippen molar-refractivity contribution in [3.05, 3.63) is 81.0 Å². The summed E-state index contributed by atoms with van der Waals surface area (Å²) in [5.74, 6) is 1.26. The second-order valence-electron chi connectivity index (χ2n) is 8.98. The fourth-order valence-corrected chi connectivity index (χ4v) is 4.35. The minimum Gasteiger partial charge on any atom is -0.478 e. The number of ether oxygens (including phenoxy) is 2. The molecule has 1 aliphatic heterocycles. The van der Waals surface area contributed by atoms with Crippen LogP contribution < -0.4 is 10.4 Å². The van der Waals surface area contributed by atoms with Gasteiger partial charge >= 0.3 is 11.7 Å². The number of unbranched alkanes of at least 4 members (excludes halogenated alkanes) is 1. The fraction of sp³-hybridized carbons (Fsp3) is 0.444. The molecule has 0 N–H and O–H groups in total. The highest BCUT2D eigenvalue weighted by Crippen LogP contribution is 2.30. The van der Waals surface area contributed by atoms with Crippen LogP contribution in [0.15, 0.2) is 47.3 Å². The van der Waals surface area contributed by atoms with Crippen LogP contribution in [0.2, 0.25) is 0 Å². The Balaban J connectivity index is 1.43. The number of hydrogen-bond donors (Lipinski definition) is 0. The maximum atomic E-state index is 13.1. The molecular formula is C27H33N3O4. The van der Waals surface area contributed by atoms with Crippen molar-refractivity contribution in [1.29, 1.82) is 0 Å². The molecule has 0 amide bonds. The lowest BCUT2D eigenvalue weighted by atomic mass is 10.0. The number of carbonyl (C=O) groups is 1. The molecule has 4 rings (SSSR count). The average molecular weight is 464 g/mol. The molecule has 2 aromatic carbocycles. The number of carbonyl (C=O) groups excluding carboxylic acids is 1. The topological polar surface area (TPSA) is 75.3 Å². The molecule has 34 heavy (non-hydrogen) atoms. The largest absolute Gasteiger partial charge is 0.478 e. The van der Waals surface area contributed by atoms with Gasteiger partial charge in [-0.2, -0.15) is 5.10 Å². The number of esters is 1. The van der Waals surface area contributed by atoms with E-state index in [1.165, 1.54) is 18.2 Å². The number of nitrogens with zero attached hydrogens (tertiary/aromatic N) is 3. The van der Waals surface area contributed by atoms with Crippen molar-refractivity contribution in [2.75, 3.05) is 7.11 Å². The predicted molar refractivity (Wildman–Crippen MR) is 130 cm³/mol. The number of benzene rings is 2. The van der Waals surface area contributed by atoms with Crippen LogP contribution in [0.3, 0.4) is 0 Å². The highest BCUT2D eigenvalue weighted by Gasteiger charge is 2.29. The summed E-state index contributed by atoms with van der Waals surface area (Å²) in [5, 5.41) is 4.70. The first-order valence-electron chi connectivity index (χ1n) is 12.1. The number of fused-ring (bicyclic) bond motifs is 1. The summed E-state index contributed by atoms with van der Waals surface area (Å²) in [5.41, 5.74) is 4.46. The maximum Gasteiger partial charge on any atom is 0.347 e. The van der Waals surface area contributed by atoms with Gasteiger partial charge in [-0.25, -0.2) is 14.3 Å². The van der Waals surface area contributed by atoms with Gasteiger partial charge in [-0.05, 0) is 48.9 Å². The van der Waals surface area contributed by atoms with Crippen LogP contribution in [0.1, 0.15) is 54.3 Å². The third-order valence-electron chi connectivity index (χ3n) is 6.32. The number of rotatable bonds is 10. The Morgan fingerprint density at radius 1 is 1.12 bits per heavy atom. The number of aromatic nitrogens is 3. The van der Waals surface area contributed by atoms with Gasteiger partial charge in [0.05, 0.1) is 13.7 Å². The normalized spacial score (nSPS) is 14.6. The van der Waals surface area contributed by atoms with E-state index >= 15 is 0 Å². The molecule has 0 radical (unpaired) electrons. The summed E-state index contributed by atoms with van der Waals surface area (Å²) in [6.45, 7) is 5.36. The Morgan fingerprint density at radius 2 is 1.88 bits per heavy atom. The highest BCUT2D eigenvalue weighted by molar-refractivity contribution is 5.76. The molecule has 1 aliphatic rings. The quantitative estimate of drug-likeness (QED) is 0.427. The predicted octanol–water partition coefficient (Wildman–Crippen LogP) is 3.85. The van der Waals surface area contributed by atoms with Crippen molar-refractivity contribution < 1.29 is 14.3 Å².